The molecule has 4 nitrogen and oxygen atoms in total. The van der Waals surface area contributed by atoms with Crippen LogP contribution in [-0.2, 0) is 4.74 Å². The molecule has 1 heterocycles. The van der Waals surface area contributed by atoms with Gasteiger partial charge in [-0.25, -0.2) is 4.79 Å². The van der Waals surface area contributed by atoms with Crippen molar-refractivity contribution in [1.82, 2.24) is 10.2 Å². The van der Waals surface area contributed by atoms with Crippen molar-refractivity contribution in [1.29, 1.82) is 0 Å². The third-order valence-corrected chi connectivity index (χ3v) is 2.59. The maximum Gasteiger partial charge on any atom is 0.339 e. The number of hydrogen-bond donors (Lipinski definition) is 1. The average molecular weight is 255 g/mol. The quantitative estimate of drug-likeness (QED) is 0.794. The van der Waals surface area contributed by atoms with Crippen molar-refractivity contribution >= 4 is 32.8 Å². The lowest BCUT2D eigenvalue weighted by Crippen LogP contribution is -2.01. The van der Waals surface area contributed by atoms with Crippen molar-refractivity contribution in [2.45, 2.75) is 0 Å². The minimum atomic E-state index is -0.367. The fraction of sp³-hybridized carbons (Fsp3) is 0.111. The SMILES string of the molecule is COC(=O)c1cc2[nH]ncc2cc1Br. The molecule has 0 unspecified atom stereocenters. The van der Waals surface area contributed by atoms with Crippen LogP contribution in [0.15, 0.2) is 22.8 Å². The van der Waals surface area contributed by atoms with Gasteiger partial charge < -0.3 is 4.74 Å². The largest absolute Gasteiger partial charge is 0.465 e. The number of esters is 1. The number of ether oxygens (including phenoxy) is 1. The summed E-state index contributed by atoms with van der Waals surface area (Å²) in [5.41, 5.74) is 1.30. The Bertz CT molecular complexity index is 493. The van der Waals surface area contributed by atoms with Gasteiger partial charge in [0.05, 0.1) is 24.4 Å². The number of carbonyl (C=O) groups is 1. The van der Waals surface area contributed by atoms with Crippen LogP contribution in [0.1, 0.15) is 10.4 Å². The van der Waals surface area contributed by atoms with Gasteiger partial charge in [0.2, 0.25) is 0 Å². The molecule has 2 aromatic rings. The minimum absolute atomic E-state index is 0.367. The molecule has 0 radical (unpaired) electrons. The Labute approximate surface area is 88.4 Å². The van der Waals surface area contributed by atoms with Crippen LogP contribution in [0.3, 0.4) is 0 Å². The Morgan fingerprint density at radius 3 is 3.07 bits per heavy atom. The number of methoxy groups -OCH3 is 1. The average Bonchev–Trinajstić information content (AvgIpc) is 2.62. The lowest BCUT2D eigenvalue weighted by Gasteiger charge is -2.01. The molecule has 0 atom stereocenters. The van der Waals surface area contributed by atoms with E-state index in [2.05, 4.69) is 30.9 Å². The van der Waals surface area contributed by atoms with Crippen LogP contribution in [0.4, 0.5) is 0 Å². The Morgan fingerprint density at radius 2 is 2.36 bits per heavy atom. The monoisotopic (exact) mass is 254 g/mol. The summed E-state index contributed by atoms with van der Waals surface area (Å²) in [6.07, 6.45) is 1.70. The van der Waals surface area contributed by atoms with E-state index in [9.17, 15) is 4.79 Å². The predicted molar refractivity (Wildman–Crippen MR) is 55.1 cm³/mol. The topological polar surface area (TPSA) is 55.0 Å². The van der Waals surface area contributed by atoms with E-state index in [4.69, 9.17) is 0 Å². The van der Waals surface area contributed by atoms with Gasteiger partial charge in [-0.15, -0.1) is 0 Å². The van der Waals surface area contributed by atoms with Crippen molar-refractivity contribution in [3.63, 3.8) is 0 Å². The zero-order valence-electron chi connectivity index (χ0n) is 7.37. The molecule has 0 saturated carbocycles. The van der Waals surface area contributed by atoms with Crippen molar-refractivity contribution in [2.75, 3.05) is 7.11 Å². The molecule has 0 spiro atoms. The molecule has 0 aliphatic rings. The zero-order valence-corrected chi connectivity index (χ0v) is 8.96. The number of H-pyrrole nitrogens is 1. The highest BCUT2D eigenvalue weighted by atomic mass is 79.9. The number of nitrogens with zero attached hydrogens (tertiary/aromatic N) is 1. The van der Waals surface area contributed by atoms with Crippen LogP contribution >= 0.6 is 15.9 Å². The first-order chi connectivity index (χ1) is 6.72. The number of rotatable bonds is 1. The molecule has 0 fully saturated rings. The maximum absolute atomic E-state index is 11.3. The van der Waals surface area contributed by atoms with Gasteiger partial charge in [0, 0.05) is 9.86 Å². The summed E-state index contributed by atoms with van der Waals surface area (Å²) in [4.78, 5) is 11.3. The zero-order chi connectivity index (χ0) is 10.1. The molecule has 0 amide bonds. The van der Waals surface area contributed by atoms with E-state index < -0.39 is 0 Å². The van der Waals surface area contributed by atoms with Crippen molar-refractivity contribution in [3.05, 3.63) is 28.4 Å². The molecule has 0 aliphatic carbocycles. The minimum Gasteiger partial charge on any atom is -0.465 e. The Morgan fingerprint density at radius 1 is 1.57 bits per heavy atom. The van der Waals surface area contributed by atoms with Crippen LogP contribution in [0, 0.1) is 0 Å². The molecule has 0 aliphatic heterocycles. The number of benzene rings is 1. The molecular formula is C9H7BrN2O2. The van der Waals surface area contributed by atoms with Crippen LogP contribution in [0.25, 0.3) is 10.9 Å². The molecule has 72 valence electrons. The number of halogens is 1. The summed E-state index contributed by atoms with van der Waals surface area (Å²) >= 11 is 3.30. The third kappa shape index (κ3) is 1.39. The van der Waals surface area contributed by atoms with E-state index in [-0.39, 0.29) is 5.97 Å². The lowest BCUT2D eigenvalue weighted by molar-refractivity contribution is 0.0600. The second-order valence-corrected chi connectivity index (χ2v) is 3.64. The first-order valence-electron chi connectivity index (χ1n) is 3.93. The molecule has 0 bridgehead atoms. The number of carbonyl (C=O) groups excluding carboxylic acids is 1. The molecule has 5 heteroatoms. The highest BCUT2D eigenvalue weighted by Gasteiger charge is 2.11. The Hall–Kier alpha value is -1.36. The summed E-state index contributed by atoms with van der Waals surface area (Å²) in [7, 11) is 1.35. The van der Waals surface area contributed by atoms with Gasteiger partial charge in [-0.2, -0.15) is 5.10 Å². The first kappa shape index (κ1) is 9.21. The summed E-state index contributed by atoms with van der Waals surface area (Å²) < 4.78 is 5.35. The van der Waals surface area contributed by atoms with Gasteiger partial charge in [-0.05, 0) is 28.1 Å². The second kappa shape index (κ2) is 3.42. The van der Waals surface area contributed by atoms with Crippen LogP contribution in [0.5, 0.6) is 0 Å². The van der Waals surface area contributed by atoms with Crippen LogP contribution < -0.4 is 0 Å². The van der Waals surface area contributed by atoms with E-state index in [0.29, 0.717) is 10.0 Å². The summed E-state index contributed by atoms with van der Waals surface area (Å²) in [5, 5.41) is 7.61. The van der Waals surface area contributed by atoms with E-state index in [1.54, 1.807) is 12.3 Å². The number of fused-ring (bicyclic) bond motifs is 1. The first-order valence-corrected chi connectivity index (χ1v) is 4.72. The van der Waals surface area contributed by atoms with Gasteiger partial charge in [-0.3, -0.25) is 5.10 Å². The third-order valence-electron chi connectivity index (χ3n) is 1.93. The maximum atomic E-state index is 11.3. The molecule has 2 rings (SSSR count). The van der Waals surface area contributed by atoms with Gasteiger partial charge in [0.25, 0.3) is 0 Å². The van der Waals surface area contributed by atoms with E-state index in [1.165, 1.54) is 7.11 Å². The standard InChI is InChI=1S/C9H7BrN2O2/c1-14-9(13)6-3-8-5(2-7(6)10)4-11-12-8/h2-4H,1H3,(H,11,12). The van der Waals surface area contributed by atoms with Gasteiger partial charge >= 0.3 is 5.97 Å². The van der Waals surface area contributed by atoms with E-state index >= 15 is 0 Å². The van der Waals surface area contributed by atoms with Gasteiger partial charge in [0.1, 0.15) is 0 Å². The number of aromatic amines is 1. The van der Waals surface area contributed by atoms with Crippen molar-refractivity contribution in [2.24, 2.45) is 0 Å². The molecule has 1 aromatic carbocycles. The fourth-order valence-electron chi connectivity index (χ4n) is 1.23. The summed E-state index contributed by atoms with van der Waals surface area (Å²) in [6.45, 7) is 0. The van der Waals surface area contributed by atoms with Crippen LogP contribution in [0.2, 0.25) is 0 Å². The van der Waals surface area contributed by atoms with Gasteiger partial charge in [-0.1, -0.05) is 0 Å². The smallest absolute Gasteiger partial charge is 0.339 e. The van der Waals surface area contributed by atoms with E-state index in [1.807, 2.05) is 6.07 Å². The van der Waals surface area contributed by atoms with Crippen molar-refractivity contribution in [3.8, 4) is 0 Å². The van der Waals surface area contributed by atoms with Crippen molar-refractivity contribution < 1.29 is 9.53 Å². The highest BCUT2D eigenvalue weighted by molar-refractivity contribution is 9.10. The molecule has 1 N–H and O–H groups in total. The molecule has 0 saturated heterocycles. The normalized spacial score (nSPS) is 10.4. The molecule has 14 heavy (non-hydrogen) atoms. The summed E-state index contributed by atoms with van der Waals surface area (Å²) in [6, 6.07) is 3.53. The van der Waals surface area contributed by atoms with Crippen LogP contribution in [-0.4, -0.2) is 23.3 Å². The fourth-order valence-corrected chi connectivity index (χ4v) is 1.75. The number of hydrogen-bond acceptors (Lipinski definition) is 3. The summed E-state index contributed by atoms with van der Waals surface area (Å²) in [5.74, 6) is -0.367. The van der Waals surface area contributed by atoms with Gasteiger partial charge in [0.15, 0.2) is 0 Å². The number of nitrogens with one attached hydrogen (secondary N) is 1. The Balaban J connectivity index is 2.64. The molecule has 1 aromatic heterocycles. The second-order valence-electron chi connectivity index (χ2n) is 2.78. The van der Waals surface area contributed by atoms with E-state index in [0.717, 1.165) is 10.9 Å². The lowest BCUT2D eigenvalue weighted by atomic mass is 10.2. The molecular weight excluding hydrogens is 248 g/mol. The predicted octanol–water partition coefficient (Wildman–Crippen LogP) is 2.11. The number of aromatic nitrogens is 2. The Kier molecular flexibility index (Phi) is 2.25. The highest BCUT2D eigenvalue weighted by Crippen LogP contribution is 2.23.